The Balaban J connectivity index is 1.32. The second-order valence-corrected chi connectivity index (χ2v) is 10.1. The number of likely N-dealkylation sites (N-methyl/N-ethyl adjacent to an activating group) is 1. The molecular weight excluding hydrogens is 521 g/mol. The normalized spacial score (nSPS) is 18.1. The minimum absolute atomic E-state index is 0.0172. The van der Waals surface area contributed by atoms with Crippen LogP contribution in [0.25, 0.3) is 0 Å². The molecule has 0 saturated carbocycles. The molecule has 1 saturated heterocycles. The molecule has 5 rings (SSSR count). The van der Waals surface area contributed by atoms with E-state index < -0.39 is 12.7 Å². The number of fused-ring (bicyclic) bond motifs is 1. The van der Waals surface area contributed by atoms with Crippen molar-refractivity contribution in [3.8, 4) is 0 Å². The third kappa shape index (κ3) is 6.04. The van der Waals surface area contributed by atoms with Crippen molar-refractivity contribution in [1.82, 2.24) is 14.8 Å². The molecular formula is C29H31F3N6O2. The summed E-state index contributed by atoms with van der Waals surface area (Å²) < 4.78 is 38.1. The van der Waals surface area contributed by atoms with Crippen molar-refractivity contribution in [2.45, 2.75) is 25.7 Å². The number of benzene rings is 2. The van der Waals surface area contributed by atoms with Crippen molar-refractivity contribution in [2.24, 2.45) is 0 Å². The van der Waals surface area contributed by atoms with Crippen molar-refractivity contribution in [3.63, 3.8) is 0 Å². The van der Waals surface area contributed by atoms with Crippen LogP contribution in [0.1, 0.15) is 22.8 Å². The molecule has 40 heavy (non-hydrogen) atoms. The summed E-state index contributed by atoms with van der Waals surface area (Å²) in [5.74, 6) is 0.310. The van der Waals surface area contributed by atoms with Gasteiger partial charge in [0.05, 0.1) is 24.1 Å². The topological polar surface area (TPSA) is 72.0 Å². The van der Waals surface area contributed by atoms with Crippen molar-refractivity contribution in [1.29, 1.82) is 0 Å². The number of piperazine rings is 1. The first kappa shape index (κ1) is 27.4. The molecule has 1 N–H and O–H groups in total. The van der Waals surface area contributed by atoms with Crippen molar-refractivity contribution in [3.05, 3.63) is 78.0 Å². The van der Waals surface area contributed by atoms with Crippen LogP contribution < -0.4 is 15.1 Å². The Kier molecular flexibility index (Phi) is 7.66. The summed E-state index contributed by atoms with van der Waals surface area (Å²) in [6.45, 7) is 2.30. The molecule has 0 bridgehead atoms. The molecule has 0 aliphatic carbocycles. The van der Waals surface area contributed by atoms with Crippen LogP contribution in [0.5, 0.6) is 0 Å². The van der Waals surface area contributed by atoms with E-state index in [0.717, 1.165) is 11.3 Å². The highest BCUT2D eigenvalue weighted by Crippen LogP contribution is 2.38. The van der Waals surface area contributed by atoms with Crippen LogP contribution in [0, 0.1) is 0 Å². The number of pyridine rings is 1. The molecule has 2 aromatic carbocycles. The van der Waals surface area contributed by atoms with Gasteiger partial charge in [0.15, 0.2) is 0 Å². The van der Waals surface area contributed by atoms with E-state index in [2.05, 4.69) is 15.2 Å². The van der Waals surface area contributed by atoms with Gasteiger partial charge in [-0.05, 0) is 30.7 Å². The first-order valence-corrected chi connectivity index (χ1v) is 13.1. The number of amides is 2. The lowest BCUT2D eigenvalue weighted by Gasteiger charge is -2.40. The predicted molar refractivity (Wildman–Crippen MR) is 148 cm³/mol. The summed E-state index contributed by atoms with van der Waals surface area (Å²) in [6.07, 6.45) is -2.59. The van der Waals surface area contributed by atoms with Crippen LogP contribution in [-0.4, -0.2) is 78.6 Å². The predicted octanol–water partition coefficient (Wildman–Crippen LogP) is 4.52. The van der Waals surface area contributed by atoms with Gasteiger partial charge in [-0.3, -0.25) is 14.5 Å². The Morgan fingerprint density at radius 1 is 1.00 bits per heavy atom. The molecule has 1 aromatic heterocycles. The van der Waals surface area contributed by atoms with E-state index in [1.165, 1.54) is 4.90 Å². The number of nitrogens with one attached hydrogen (secondary N) is 1. The molecule has 2 aliphatic rings. The van der Waals surface area contributed by atoms with Gasteiger partial charge in [0, 0.05) is 57.1 Å². The summed E-state index contributed by atoms with van der Waals surface area (Å²) in [7, 11) is 1.74. The van der Waals surface area contributed by atoms with Gasteiger partial charge in [-0.25, -0.2) is 4.98 Å². The Bertz CT molecular complexity index is 1380. The zero-order chi connectivity index (χ0) is 28.4. The smallest absolute Gasteiger partial charge is 0.354 e. The van der Waals surface area contributed by atoms with Crippen LogP contribution in [-0.2, 0) is 11.3 Å². The van der Waals surface area contributed by atoms with Gasteiger partial charge < -0.3 is 20.0 Å². The zero-order valence-electron chi connectivity index (χ0n) is 22.4. The fourth-order valence-electron chi connectivity index (χ4n) is 5.16. The lowest BCUT2D eigenvalue weighted by Crippen LogP contribution is -2.50. The van der Waals surface area contributed by atoms with E-state index in [4.69, 9.17) is 0 Å². The molecule has 3 heterocycles. The van der Waals surface area contributed by atoms with Crippen LogP contribution >= 0.6 is 0 Å². The van der Waals surface area contributed by atoms with Gasteiger partial charge in [0.2, 0.25) is 5.91 Å². The Hall–Kier alpha value is -4.12. The van der Waals surface area contributed by atoms with E-state index >= 15 is 0 Å². The van der Waals surface area contributed by atoms with E-state index in [9.17, 15) is 22.8 Å². The van der Waals surface area contributed by atoms with Crippen molar-refractivity contribution in [2.75, 3.05) is 54.9 Å². The molecule has 1 atom stereocenters. The number of alkyl halides is 3. The van der Waals surface area contributed by atoms with E-state index in [1.54, 1.807) is 41.2 Å². The molecule has 0 spiro atoms. The number of hydrogen-bond donors (Lipinski definition) is 1. The van der Waals surface area contributed by atoms with Gasteiger partial charge in [-0.1, -0.05) is 36.4 Å². The van der Waals surface area contributed by atoms with Gasteiger partial charge in [-0.2, -0.15) is 13.2 Å². The standard InChI is InChI=1S/C29H31F3N6O2/c1-20-27(39)35(2)25-17-33-26(16-24(25)38(20)18-21-7-4-3-5-8-21)34-23-10-6-9-22(15-23)28(40)37-13-11-36(12-14-37)19-29(30,31)32/h3-10,15-17,20H,11-14,18-19H2,1-2H3,(H,33,34). The third-order valence-electron chi connectivity index (χ3n) is 7.33. The largest absolute Gasteiger partial charge is 0.401 e. The first-order chi connectivity index (χ1) is 19.1. The van der Waals surface area contributed by atoms with E-state index in [-0.39, 0.29) is 44.0 Å². The number of carbonyl (C=O) groups is 2. The zero-order valence-corrected chi connectivity index (χ0v) is 22.4. The average Bonchev–Trinajstić information content (AvgIpc) is 2.94. The lowest BCUT2D eigenvalue weighted by molar-refractivity contribution is -0.148. The minimum atomic E-state index is -4.25. The Labute approximate surface area is 231 Å². The molecule has 210 valence electrons. The highest BCUT2D eigenvalue weighted by molar-refractivity contribution is 6.05. The maximum absolute atomic E-state index is 13.1. The minimum Gasteiger partial charge on any atom is -0.354 e. The number of halogens is 3. The van der Waals surface area contributed by atoms with E-state index in [0.29, 0.717) is 29.3 Å². The summed E-state index contributed by atoms with van der Waals surface area (Å²) in [4.78, 5) is 37.1. The van der Waals surface area contributed by atoms with E-state index in [1.807, 2.05) is 49.4 Å². The molecule has 1 fully saturated rings. The number of carbonyl (C=O) groups excluding carboxylic acids is 2. The van der Waals surface area contributed by atoms with Crippen molar-refractivity contribution >= 4 is 34.7 Å². The van der Waals surface area contributed by atoms with Gasteiger partial charge in [0.25, 0.3) is 5.91 Å². The number of nitrogens with zero attached hydrogens (tertiary/aromatic N) is 5. The van der Waals surface area contributed by atoms with Crippen LogP contribution in [0.15, 0.2) is 66.9 Å². The van der Waals surface area contributed by atoms with Crippen LogP contribution in [0.4, 0.5) is 36.1 Å². The maximum atomic E-state index is 13.1. The number of hydrogen-bond acceptors (Lipinski definition) is 6. The fourth-order valence-corrected chi connectivity index (χ4v) is 5.16. The monoisotopic (exact) mass is 552 g/mol. The summed E-state index contributed by atoms with van der Waals surface area (Å²) in [5.41, 5.74) is 3.74. The molecule has 2 amide bonds. The van der Waals surface area contributed by atoms with Crippen LogP contribution in [0.2, 0.25) is 0 Å². The summed E-state index contributed by atoms with van der Waals surface area (Å²) >= 11 is 0. The molecule has 11 heteroatoms. The van der Waals surface area contributed by atoms with Crippen molar-refractivity contribution < 1.29 is 22.8 Å². The SMILES string of the molecule is CC1C(=O)N(C)c2cnc(Nc3cccc(C(=O)N4CCN(CC(F)(F)F)CC4)c3)cc2N1Cc1ccccc1. The number of rotatable bonds is 6. The Morgan fingerprint density at radius 2 is 1.73 bits per heavy atom. The molecule has 3 aromatic rings. The number of anilines is 4. The molecule has 1 unspecified atom stereocenters. The van der Waals surface area contributed by atoms with Gasteiger partial charge >= 0.3 is 6.18 Å². The number of aromatic nitrogens is 1. The average molecular weight is 553 g/mol. The first-order valence-electron chi connectivity index (χ1n) is 13.1. The fraction of sp³-hybridized carbons (Fsp3) is 0.345. The third-order valence-corrected chi connectivity index (χ3v) is 7.33. The summed E-state index contributed by atoms with van der Waals surface area (Å²) in [6, 6.07) is 18.4. The second-order valence-electron chi connectivity index (χ2n) is 10.1. The van der Waals surface area contributed by atoms with Gasteiger partial charge in [-0.15, -0.1) is 0 Å². The molecule has 8 nitrogen and oxygen atoms in total. The summed E-state index contributed by atoms with van der Waals surface area (Å²) in [5, 5.41) is 3.27. The maximum Gasteiger partial charge on any atom is 0.401 e. The second kappa shape index (κ2) is 11.2. The molecule has 0 radical (unpaired) electrons. The van der Waals surface area contributed by atoms with Crippen LogP contribution in [0.3, 0.4) is 0 Å². The Morgan fingerprint density at radius 3 is 2.42 bits per heavy atom. The highest BCUT2D eigenvalue weighted by Gasteiger charge is 2.35. The lowest BCUT2D eigenvalue weighted by atomic mass is 10.1. The molecule has 2 aliphatic heterocycles. The quantitative estimate of drug-likeness (QED) is 0.485. The highest BCUT2D eigenvalue weighted by atomic mass is 19.4. The van der Waals surface area contributed by atoms with Gasteiger partial charge in [0.1, 0.15) is 11.9 Å².